The number of benzene rings is 1. The van der Waals surface area contributed by atoms with E-state index in [0.29, 0.717) is 11.4 Å². The molecule has 0 saturated carbocycles. The third-order valence-corrected chi connectivity index (χ3v) is 2.66. The maximum absolute atomic E-state index is 11.2. The zero-order valence-electron chi connectivity index (χ0n) is 8.94. The Bertz CT molecular complexity index is 468. The van der Waals surface area contributed by atoms with Crippen molar-refractivity contribution in [2.75, 3.05) is 0 Å². The molecule has 17 heavy (non-hydrogen) atoms. The Hall–Kier alpha value is -1.81. The maximum Gasteiger partial charge on any atom is 0.322 e. The van der Waals surface area contributed by atoms with Crippen molar-refractivity contribution in [2.45, 2.75) is 12.5 Å². The van der Waals surface area contributed by atoms with Crippen molar-refractivity contribution < 1.29 is 9.59 Å². The summed E-state index contributed by atoms with van der Waals surface area (Å²) in [6.07, 6.45) is 4.20. The molecule has 3 amide bonds. The van der Waals surface area contributed by atoms with Crippen LogP contribution in [-0.2, 0) is 4.79 Å². The maximum atomic E-state index is 11.2. The van der Waals surface area contributed by atoms with Gasteiger partial charge in [-0.3, -0.25) is 10.1 Å². The second kappa shape index (κ2) is 5.01. The topological polar surface area (TPSA) is 58.2 Å². The third kappa shape index (κ3) is 3.07. The lowest BCUT2D eigenvalue weighted by Gasteiger charge is -2.01. The first kappa shape index (κ1) is 11.7. The highest BCUT2D eigenvalue weighted by Gasteiger charge is 2.27. The summed E-state index contributed by atoms with van der Waals surface area (Å²) in [4.78, 5) is 22.1. The van der Waals surface area contributed by atoms with E-state index in [-0.39, 0.29) is 5.91 Å². The molecule has 1 atom stereocenters. The van der Waals surface area contributed by atoms with Gasteiger partial charge >= 0.3 is 6.03 Å². The fourth-order valence-electron chi connectivity index (χ4n) is 1.54. The van der Waals surface area contributed by atoms with E-state index in [4.69, 9.17) is 11.6 Å². The van der Waals surface area contributed by atoms with Gasteiger partial charge in [-0.05, 0) is 24.1 Å². The van der Waals surface area contributed by atoms with E-state index in [1.165, 1.54) is 0 Å². The van der Waals surface area contributed by atoms with E-state index in [1.54, 1.807) is 12.1 Å². The fourth-order valence-corrected chi connectivity index (χ4v) is 1.66. The first-order chi connectivity index (χ1) is 8.15. The summed E-state index contributed by atoms with van der Waals surface area (Å²) in [6, 6.07) is 6.46. The van der Waals surface area contributed by atoms with Crippen LogP contribution in [0.2, 0.25) is 5.02 Å². The lowest BCUT2D eigenvalue weighted by Crippen LogP contribution is -2.27. The van der Waals surface area contributed by atoms with Crippen molar-refractivity contribution in [1.29, 1.82) is 0 Å². The Balaban J connectivity index is 1.92. The minimum Gasteiger partial charge on any atom is -0.326 e. The number of hydrogen-bond donors (Lipinski definition) is 2. The highest BCUT2D eigenvalue weighted by molar-refractivity contribution is 6.30. The highest BCUT2D eigenvalue weighted by atomic mass is 35.5. The fraction of sp³-hybridized carbons (Fsp3) is 0.167. The lowest BCUT2D eigenvalue weighted by molar-refractivity contribution is -0.120. The van der Waals surface area contributed by atoms with Crippen molar-refractivity contribution >= 4 is 29.6 Å². The summed E-state index contributed by atoms with van der Waals surface area (Å²) in [5.41, 5.74) is 0.999. The number of carbonyl (C=O) groups excluding carboxylic acids is 2. The van der Waals surface area contributed by atoms with Crippen molar-refractivity contribution in [3.05, 3.63) is 40.9 Å². The number of urea groups is 1. The van der Waals surface area contributed by atoms with Crippen molar-refractivity contribution in [1.82, 2.24) is 10.6 Å². The van der Waals surface area contributed by atoms with E-state index in [9.17, 15) is 9.59 Å². The van der Waals surface area contributed by atoms with Gasteiger partial charge in [-0.1, -0.05) is 35.9 Å². The predicted octanol–water partition coefficient (Wildman–Crippen LogP) is 1.95. The van der Waals surface area contributed by atoms with Crippen LogP contribution >= 0.6 is 11.6 Å². The van der Waals surface area contributed by atoms with E-state index in [2.05, 4.69) is 10.6 Å². The van der Waals surface area contributed by atoms with E-state index in [1.807, 2.05) is 24.3 Å². The van der Waals surface area contributed by atoms with E-state index >= 15 is 0 Å². The minimum absolute atomic E-state index is 0.282. The van der Waals surface area contributed by atoms with Gasteiger partial charge in [0, 0.05) is 5.02 Å². The molecule has 1 heterocycles. The second-order valence-corrected chi connectivity index (χ2v) is 4.14. The molecule has 1 aromatic carbocycles. The van der Waals surface area contributed by atoms with Crippen LogP contribution < -0.4 is 10.6 Å². The van der Waals surface area contributed by atoms with E-state index < -0.39 is 12.1 Å². The summed E-state index contributed by atoms with van der Waals surface area (Å²) < 4.78 is 0. The van der Waals surface area contributed by atoms with Crippen LogP contribution in [0.5, 0.6) is 0 Å². The molecule has 2 N–H and O–H groups in total. The largest absolute Gasteiger partial charge is 0.326 e. The number of imide groups is 1. The number of amides is 3. The molecule has 2 rings (SSSR count). The summed E-state index contributed by atoms with van der Waals surface area (Å²) in [6.45, 7) is 0. The average molecular weight is 251 g/mol. The van der Waals surface area contributed by atoms with Crippen LogP contribution in [0.1, 0.15) is 12.0 Å². The number of carbonyl (C=O) groups is 2. The zero-order valence-corrected chi connectivity index (χ0v) is 9.70. The van der Waals surface area contributed by atoms with Gasteiger partial charge in [-0.15, -0.1) is 0 Å². The molecule has 0 spiro atoms. The molecule has 0 aromatic heterocycles. The van der Waals surface area contributed by atoms with E-state index in [0.717, 1.165) is 5.56 Å². The molecule has 1 saturated heterocycles. The molecule has 1 aliphatic rings. The van der Waals surface area contributed by atoms with Crippen LogP contribution in [0.3, 0.4) is 0 Å². The van der Waals surface area contributed by atoms with Crippen molar-refractivity contribution in [3.63, 3.8) is 0 Å². The smallest absolute Gasteiger partial charge is 0.322 e. The Morgan fingerprint density at radius 1 is 1.24 bits per heavy atom. The molecule has 88 valence electrons. The van der Waals surface area contributed by atoms with Gasteiger partial charge < -0.3 is 5.32 Å². The molecular formula is C12H11ClN2O2. The monoisotopic (exact) mass is 250 g/mol. The van der Waals surface area contributed by atoms with Crippen LogP contribution in [0.4, 0.5) is 4.79 Å². The first-order valence-corrected chi connectivity index (χ1v) is 5.56. The van der Waals surface area contributed by atoms with Crippen LogP contribution in [0, 0.1) is 0 Å². The predicted molar refractivity (Wildman–Crippen MR) is 65.6 cm³/mol. The van der Waals surface area contributed by atoms with Crippen LogP contribution in [0.25, 0.3) is 6.08 Å². The van der Waals surface area contributed by atoms with Crippen molar-refractivity contribution in [3.8, 4) is 0 Å². The number of rotatable bonds is 3. The third-order valence-electron chi connectivity index (χ3n) is 2.41. The van der Waals surface area contributed by atoms with Crippen molar-refractivity contribution in [2.24, 2.45) is 0 Å². The van der Waals surface area contributed by atoms with Gasteiger partial charge in [0.05, 0.1) is 0 Å². The quantitative estimate of drug-likeness (QED) is 0.806. The molecular weight excluding hydrogens is 240 g/mol. The number of hydrogen-bond acceptors (Lipinski definition) is 2. The standard InChI is InChI=1S/C12H11ClN2O2/c13-9-6-4-8(5-7-9)2-1-3-10-11(16)15-12(17)14-10/h1-2,4-7,10H,3H2,(H2,14,15,16,17). The van der Waals surface area contributed by atoms with Crippen LogP contribution in [-0.4, -0.2) is 18.0 Å². The number of halogens is 1. The molecule has 4 nitrogen and oxygen atoms in total. The molecule has 0 bridgehead atoms. The Labute approximate surface area is 104 Å². The minimum atomic E-state index is -0.467. The molecule has 1 aliphatic heterocycles. The first-order valence-electron chi connectivity index (χ1n) is 5.18. The molecule has 1 aromatic rings. The average Bonchev–Trinajstić information content (AvgIpc) is 2.60. The molecule has 1 unspecified atom stereocenters. The molecule has 0 radical (unpaired) electrons. The summed E-state index contributed by atoms with van der Waals surface area (Å²) in [5.74, 6) is -0.282. The SMILES string of the molecule is O=C1NC(=O)C(CC=Cc2ccc(Cl)cc2)N1. The second-order valence-electron chi connectivity index (χ2n) is 3.70. The summed E-state index contributed by atoms with van der Waals surface area (Å²) >= 11 is 5.76. The summed E-state index contributed by atoms with van der Waals surface area (Å²) in [5, 5.41) is 5.39. The molecule has 0 aliphatic carbocycles. The van der Waals surface area contributed by atoms with Gasteiger partial charge in [-0.2, -0.15) is 0 Å². The van der Waals surface area contributed by atoms with Gasteiger partial charge in [0.2, 0.25) is 0 Å². The van der Waals surface area contributed by atoms with Gasteiger partial charge in [0.1, 0.15) is 6.04 Å². The van der Waals surface area contributed by atoms with Gasteiger partial charge in [0.15, 0.2) is 0 Å². The lowest BCUT2D eigenvalue weighted by atomic mass is 10.1. The Kier molecular flexibility index (Phi) is 3.44. The molecule has 5 heteroatoms. The van der Waals surface area contributed by atoms with Gasteiger partial charge in [0.25, 0.3) is 5.91 Å². The van der Waals surface area contributed by atoms with Gasteiger partial charge in [-0.25, -0.2) is 4.79 Å². The Morgan fingerprint density at radius 2 is 1.94 bits per heavy atom. The highest BCUT2D eigenvalue weighted by Crippen LogP contribution is 2.11. The summed E-state index contributed by atoms with van der Waals surface area (Å²) in [7, 11) is 0. The van der Waals surface area contributed by atoms with Crippen LogP contribution in [0.15, 0.2) is 30.3 Å². The normalized spacial score (nSPS) is 19.5. The Morgan fingerprint density at radius 3 is 2.53 bits per heavy atom. The molecule has 1 fully saturated rings. The zero-order chi connectivity index (χ0) is 12.3. The number of nitrogens with one attached hydrogen (secondary N) is 2.